The van der Waals surface area contributed by atoms with Gasteiger partial charge in [-0.05, 0) is 17.7 Å². The second kappa shape index (κ2) is 12.9. The van der Waals surface area contributed by atoms with Crippen molar-refractivity contribution in [2.24, 2.45) is 5.73 Å². The van der Waals surface area contributed by atoms with E-state index in [0.717, 1.165) is 25.2 Å². The van der Waals surface area contributed by atoms with Crippen LogP contribution in [0.1, 0.15) is 5.56 Å². The van der Waals surface area contributed by atoms with Gasteiger partial charge < -0.3 is 29.6 Å². The fourth-order valence-electron chi connectivity index (χ4n) is 3.10. The van der Waals surface area contributed by atoms with Crippen LogP contribution in [0, 0.1) is 0 Å². The van der Waals surface area contributed by atoms with E-state index in [4.69, 9.17) is 24.7 Å². The van der Waals surface area contributed by atoms with Crippen LogP contribution in [0.2, 0.25) is 0 Å². The number of carbonyl (C=O) groups is 1. The summed E-state index contributed by atoms with van der Waals surface area (Å²) in [4.78, 5) is 16.3. The van der Waals surface area contributed by atoms with Crippen LogP contribution in [0.3, 0.4) is 0 Å². The van der Waals surface area contributed by atoms with Crippen molar-refractivity contribution in [3.8, 4) is 17.2 Å². The van der Waals surface area contributed by atoms with Crippen LogP contribution in [0.25, 0.3) is 0 Å². The summed E-state index contributed by atoms with van der Waals surface area (Å²) in [6, 6.07) is 3.31. The Balaban J connectivity index is 0.00000364. The lowest BCUT2D eigenvalue weighted by atomic mass is 10.1. The summed E-state index contributed by atoms with van der Waals surface area (Å²) in [5.74, 6) is 1.81. The van der Waals surface area contributed by atoms with E-state index in [1.54, 1.807) is 33.3 Å². The molecule has 0 bridgehead atoms. The topological polar surface area (TPSA) is 86.5 Å². The second-order valence-electron chi connectivity index (χ2n) is 6.20. The van der Waals surface area contributed by atoms with Crippen molar-refractivity contribution in [2.45, 2.75) is 12.6 Å². The van der Waals surface area contributed by atoms with Crippen molar-refractivity contribution in [3.63, 3.8) is 0 Å². The van der Waals surface area contributed by atoms with E-state index in [9.17, 15) is 4.79 Å². The Morgan fingerprint density at radius 3 is 1.96 bits per heavy atom. The molecule has 2 N–H and O–H groups in total. The zero-order valence-electron chi connectivity index (χ0n) is 16.8. The number of benzene rings is 1. The quantitative estimate of drug-likeness (QED) is 0.650. The first-order valence-electron chi connectivity index (χ1n) is 8.58. The summed E-state index contributed by atoms with van der Waals surface area (Å²) in [6.45, 7) is 3.85. The molecule has 1 saturated heterocycles. The van der Waals surface area contributed by atoms with Gasteiger partial charge >= 0.3 is 0 Å². The number of piperazine rings is 1. The highest BCUT2D eigenvalue weighted by Gasteiger charge is 2.25. The highest BCUT2D eigenvalue weighted by atomic mass is 35.5. The summed E-state index contributed by atoms with van der Waals surface area (Å²) in [5, 5.41) is 0. The van der Waals surface area contributed by atoms with E-state index in [1.807, 2.05) is 12.1 Å². The zero-order chi connectivity index (χ0) is 19.1. The Hall–Kier alpha value is -1.45. The molecule has 1 fully saturated rings. The Morgan fingerprint density at radius 2 is 1.54 bits per heavy atom. The summed E-state index contributed by atoms with van der Waals surface area (Å²) in [5.41, 5.74) is 6.90. The third-order valence-electron chi connectivity index (χ3n) is 4.48. The number of halogens is 2. The molecule has 0 radical (unpaired) electrons. The van der Waals surface area contributed by atoms with E-state index in [-0.39, 0.29) is 37.3 Å². The maximum absolute atomic E-state index is 12.2. The first-order valence-corrected chi connectivity index (χ1v) is 8.58. The largest absolute Gasteiger partial charge is 0.493 e. The Kier molecular flexibility index (Phi) is 12.2. The highest BCUT2D eigenvalue weighted by molar-refractivity contribution is 5.85. The van der Waals surface area contributed by atoms with Crippen molar-refractivity contribution in [2.75, 3.05) is 61.2 Å². The molecule has 10 heteroatoms. The van der Waals surface area contributed by atoms with Crippen LogP contribution in [-0.2, 0) is 16.1 Å². The van der Waals surface area contributed by atoms with Gasteiger partial charge in [0.1, 0.15) is 6.04 Å². The fraction of sp³-hybridized carbons (Fsp3) is 0.611. The number of nitrogens with two attached hydrogens (primary N) is 1. The lowest BCUT2D eigenvalue weighted by molar-refractivity contribution is -0.135. The van der Waals surface area contributed by atoms with Gasteiger partial charge in [-0.1, -0.05) is 0 Å². The molecule has 0 aromatic heterocycles. The lowest BCUT2D eigenvalue weighted by Crippen LogP contribution is -2.53. The van der Waals surface area contributed by atoms with Gasteiger partial charge in [-0.25, -0.2) is 0 Å². The summed E-state index contributed by atoms with van der Waals surface area (Å²) in [6.07, 6.45) is 0. The molecule has 28 heavy (non-hydrogen) atoms. The molecule has 0 aliphatic carbocycles. The van der Waals surface area contributed by atoms with Crippen LogP contribution in [0.4, 0.5) is 0 Å². The molecule has 8 nitrogen and oxygen atoms in total. The van der Waals surface area contributed by atoms with Crippen LogP contribution >= 0.6 is 24.8 Å². The molecule has 0 saturated carbocycles. The predicted octanol–water partition coefficient (Wildman–Crippen LogP) is 1.17. The maximum atomic E-state index is 12.2. The molecule has 162 valence electrons. The molecular weight excluding hydrogens is 409 g/mol. The van der Waals surface area contributed by atoms with Gasteiger partial charge in [-0.2, -0.15) is 0 Å². The number of nitrogens with zero attached hydrogens (tertiary/aromatic N) is 2. The van der Waals surface area contributed by atoms with E-state index in [2.05, 4.69) is 4.90 Å². The predicted molar refractivity (Wildman–Crippen MR) is 112 cm³/mol. The Labute approximate surface area is 179 Å². The normalized spacial score (nSPS) is 15.1. The van der Waals surface area contributed by atoms with Crippen LogP contribution in [-0.4, -0.2) is 83.0 Å². The van der Waals surface area contributed by atoms with Crippen molar-refractivity contribution in [1.82, 2.24) is 9.80 Å². The SMILES string of the molecule is COCC(N)C(=O)N1CCN(Cc2cc(OC)c(OC)c(OC)c2)CC1.Cl.Cl. The maximum Gasteiger partial charge on any atom is 0.241 e. The Bertz CT molecular complexity index is 588. The van der Waals surface area contributed by atoms with Gasteiger partial charge in [-0.3, -0.25) is 9.69 Å². The smallest absolute Gasteiger partial charge is 0.241 e. The number of hydrogen-bond donors (Lipinski definition) is 1. The van der Waals surface area contributed by atoms with Gasteiger partial charge in [0.25, 0.3) is 0 Å². The summed E-state index contributed by atoms with van der Waals surface area (Å²) < 4.78 is 21.1. The van der Waals surface area contributed by atoms with E-state index < -0.39 is 6.04 Å². The number of ether oxygens (including phenoxy) is 4. The van der Waals surface area contributed by atoms with E-state index >= 15 is 0 Å². The minimum atomic E-state index is -0.596. The Morgan fingerprint density at radius 1 is 1.00 bits per heavy atom. The minimum absolute atomic E-state index is 0. The number of amides is 1. The third kappa shape index (κ3) is 6.56. The van der Waals surface area contributed by atoms with Crippen molar-refractivity contribution < 1.29 is 23.7 Å². The monoisotopic (exact) mass is 439 g/mol. The summed E-state index contributed by atoms with van der Waals surface area (Å²) >= 11 is 0. The van der Waals surface area contributed by atoms with E-state index in [1.165, 1.54) is 0 Å². The van der Waals surface area contributed by atoms with Crippen LogP contribution in [0.15, 0.2) is 12.1 Å². The van der Waals surface area contributed by atoms with Crippen LogP contribution in [0.5, 0.6) is 17.2 Å². The molecular formula is C18H31Cl2N3O5. The van der Waals surface area contributed by atoms with Crippen molar-refractivity contribution >= 4 is 30.7 Å². The molecule has 1 heterocycles. The standard InChI is InChI=1S/C18H29N3O5.2ClH/c1-23-12-14(19)18(22)21-7-5-20(6-8-21)11-13-9-15(24-2)17(26-4)16(10-13)25-3;;/h9-10,14H,5-8,11-12,19H2,1-4H3;2*1H. The highest BCUT2D eigenvalue weighted by Crippen LogP contribution is 2.38. The third-order valence-corrected chi connectivity index (χ3v) is 4.48. The minimum Gasteiger partial charge on any atom is -0.493 e. The summed E-state index contributed by atoms with van der Waals surface area (Å²) in [7, 11) is 6.34. The van der Waals surface area contributed by atoms with Crippen molar-refractivity contribution in [3.05, 3.63) is 17.7 Å². The molecule has 1 atom stereocenters. The van der Waals surface area contributed by atoms with Gasteiger partial charge in [0.05, 0.1) is 27.9 Å². The first kappa shape index (κ1) is 26.6. The number of hydrogen-bond acceptors (Lipinski definition) is 7. The molecule has 1 aliphatic rings. The average molecular weight is 440 g/mol. The molecule has 1 aromatic rings. The first-order chi connectivity index (χ1) is 12.5. The van der Waals surface area contributed by atoms with E-state index in [0.29, 0.717) is 30.3 Å². The van der Waals surface area contributed by atoms with Gasteiger partial charge in [0.2, 0.25) is 11.7 Å². The van der Waals surface area contributed by atoms with Gasteiger partial charge in [0.15, 0.2) is 11.5 Å². The number of rotatable bonds is 8. The molecule has 1 amide bonds. The molecule has 1 aromatic carbocycles. The van der Waals surface area contributed by atoms with Crippen molar-refractivity contribution in [1.29, 1.82) is 0 Å². The van der Waals surface area contributed by atoms with Gasteiger partial charge in [0, 0.05) is 39.8 Å². The van der Waals surface area contributed by atoms with Crippen LogP contribution < -0.4 is 19.9 Å². The molecule has 1 unspecified atom stereocenters. The molecule has 0 spiro atoms. The molecule has 1 aliphatic heterocycles. The lowest BCUT2D eigenvalue weighted by Gasteiger charge is -2.36. The zero-order valence-corrected chi connectivity index (χ0v) is 18.4. The van der Waals surface area contributed by atoms with Gasteiger partial charge in [-0.15, -0.1) is 24.8 Å². The second-order valence-corrected chi connectivity index (χ2v) is 6.20. The average Bonchev–Trinajstić information content (AvgIpc) is 2.67. The number of carbonyl (C=O) groups excluding carboxylic acids is 1. The number of methoxy groups -OCH3 is 4. The molecule has 2 rings (SSSR count). The fourth-order valence-corrected chi connectivity index (χ4v) is 3.10.